The minimum atomic E-state index is 1.04. The summed E-state index contributed by atoms with van der Waals surface area (Å²) in [5.74, 6) is 0. The first-order chi connectivity index (χ1) is 5.68. The van der Waals surface area contributed by atoms with Gasteiger partial charge in [0.05, 0.1) is 0 Å². The quantitative estimate of drug-likeness (QED) is 0.595. The van der Waals surface area contributed by atoms with Gasteiger partial charge >= 0.3 is 0 Å². The molecule has 0 heterocycles. The van der Waals surface area contributed by atoms with Crippen molar-refractivity contribution in [2.24, 2.45) is 5.73 Å². The van der Waals surface area contributed by atoms with Gasteiger partial charge in [0.25, 0.3) is 0 Å². The van der Waals surface area contributed by atoms with Crippen LogP contribution in [0.15, 0.2) is 23.9 Å². The summed E-state index contributed by atoms with van der Waals surface area (Å²) in [7, 11) is 0. The molecule has 0 amide bonds. The van der Waals surface area contributed by atoms with E-state index in [9.17, 15) is 0 Å². The predicted molar refractivity (Wildman–Crippen MR) is 60.1 cm³/mol. The van der Waals surface area contributed by atoms with Gasteiger partial charge in [-0.25, -0.2) is 0 Å². The maximum absolute atomic E-state index is 4.96. The molecule has 0 bridgehead atoms. The Labute approximate surface area is 78.4 Å². The van der Waals surface area contributed by atoms with E-state index in [1.165, 1.54) is 5.57 Å². The highest BCUT2D eigenvalue weighted by molar-refractivity contribution is 4.88. The fraction of sp³-hybridized carbons (Fsp3) is 0.636. The lowest BCUT2D eigenvalue weighted by atomic mass is 10.3. The zero-order valence-electron chi connectivity index (χ0n) is 9.52. The summed E-state index contributed by atoms with van der Waals surface area (Å²) in [6.45, 7) is 12.2. The highest BCUT2D eigenvalue weighted by atomic mass is 14.5. The van der Waals surface area contributed by atoms with Crippen LogP contribution in [-0.4, -0.2) is 0 Å². The van der Waals surface area contributed by atoms with Gasteiger partial charge in [0.1, 0.15) is 0 Å². The molecule has 0 aliphatic carbocycles. The highest BCUT2D eigenvalue weighted by Crippen LogP contribution is 1.82. The van der Waals surface area contributed by atoms with Crippen molar-refractivity contribution < 1.29 is 0 Å². The maximum atomic E-state index is 4.96. The highest BCUT2D eigenvalue weighted by Gasteiger charge is 1.60. The van der Waals surface area contributed by atoms with Crippen molar-refractivity contribution in [3.05, 3.63) is 23.9 Å². The topological polar surface area (TPSA) is 26.0 Å². The molecule has 0 aliphatic heterocycles. The second kappa shape index (κ2) is 22.4. The molecule has 12 heavy (non-hydrogen) atoms. The lowest BCUT2D eigenvalue weighted by molar-refractivity contribution is 1.21. The number of rotatable bonds is 1. The third kappa shape index (κ3) is 59.1. The lowest BCUT2D eigenvalue weighted by Gasteiger charge is -1.74. The Hall–Kier alpha value is -0.720. The van der Waals surface area contributed by atoms with E-state index in [0.717, 1.165) is 6.42 Å². The zero-order chi connectivity index (χ0) is 10.4. The van der Waals surface area contributed by atoms with Gasteiger partial charge in [0.15, 0.2) is 0 Å². The van der Waals surface area contributed by atoms with Crippen LogP contribution in [0.25, 0.3) is 0 Å². The molecule has 0 saturated heterocycles. The normalized spacial score (nSPS) is 7.50. The Balaban J connectivity index is -0.000000112. The standard InChI is InChI=1S/C5H10.C4H9N.C2H6/c1-4-5(2)3;1-2-3-4-5;1-2/h4H,1-3H3;3-4H,2,5H2,1H3;1-2H3/b;4-3+;. The summed E-state index contributed by atoms with van der Waals surface area (Å²) in [6.07, 6.45) is 6.58. The van der Waals surface area contributed by atoms with E-state index in [1.807, 2.05) is 33.8 Å². The van der Waals surface area contributed by atoms with Crippen LogP contribution in [0, 0.1) is 0 Å². The molecule has 0 saturated carbocycles. The summed E-state index contributed by atoms with van der Waals surface area (Å²) in [6, 6.07) is 0. The second-order valence-electron chi connectivity index (χ2n) is 2.20. The molecule has 0 aromatic heterocycles. The van der Waals surface area contributed by atoms with Gasteiger partial charge in [-0.3, -0.25) is 0 Å². The third-order valence-electron chi connectivity index (χ3n) is 0.949. The fourth-order valence-electron chi connectivity index (χ4n) is 0.136. The van der Waals surface area contributed by atoms with Crippen molar-refractivity contribution in [2.45, 2.75) is 48.0 Å². The van der Waals surface area contributed by atoms with E-state index in [4.69, 9.17) is 5.73 Å². The molecule has 0 aromatic carbocycles. The van der Waals surface area contributed by atoms with Crippen LogP contribution in [0.1, 0.15) is 48.0 Å². The van der Waals surface area contributed by atoms with Gasteiger partial charge in [-0.2, -0.15) is 0 Å². The van der Waals surface area contributed by atoms with Gasteiger partial charge < -0.3 is 5.73 Å². The molecule has 0 aromatic rings. The van der Waals surface area contributed by atoms with Gasteiger partial charge in [0, 0.05) is 0 Å². The number of nitrogens with two attached hydrogens (primary N) is 1. The van der Waals surface area contributed by atoms with Crippen LogP contribution in [0.2, 0.25) is 0 Å². The van der Waals surface area contributed by atoms with E-state index in [0.29, 0.717) is 0 Å². The van der Waals surface area contributed by atoms with Gasteiger partial charge in [-0.15, -0.1) is 0 Å². The molecular weight excluding hydrogens is 146 g/mol. The monoisotopic (exact) mass is 171 g/mol. The Morgan fingerprint density at radius 1 is 1.25 bits per heavy atom. The van der Waals surface area contributed by atoms with E-state index >= 15 is 0 Å². The van der Waals surface area contributed by atoms with Crippen molar-refractivity contribution in [1.82, 2.24) is 0 Å². The van der Waals surface area contributed by atoms with Crippen molar-refractivity contribution >= 4 is 0 Å². The van der Waals surface area contributed by atoms with Crippen LogP contribution < -0.4 is 5.73 Å². The predicted octanol–water partition coefficient (Wildman–Crippen LogP) is 3.87. The minimum Gasteiger partial charge on any atom is -0.405 e. The molecule has 0 radical (unpaired) electrons. The Morgan fingerprint density at radius 3 is 1.58 bits per heavy atom. The first-order valence-corrected chi connectivity index (χ1v) is 4.65. The maximum Gasteiger partial charge on any atom is -0.0103 e. The van der Waals surface area contributed by atoms with E-state index in [2.05, 4.69) is 19.9 Å². The van der Waals surface area contributed by atoms with Gasteiger partial charge in [-0.05, 0) is 33.4 Å². The molecular formula is C11H25N. The van der Waals surface area contributed by atoms with Crippen LogP contribution >= 0.6 is 0 Å². The molecule has 2 N–H and O–H groups in total. The molecule has 0 unspecified atom stereocenters. The Bertz CT molecular complexity index is 97.6. The lowest BCUT2D eigenvalue weighted by Crippen LogP contribution is -1.72. The largest absolute Gasteiger partial charge is 0.405 e. The van der Waals surface area contributed by atoms with E-state index < -0.39 is 0 Å². The van der Waals surface area contributed by atoms with Gasteiger partial charge in [0.2, 0.25) is 0 Å². The van der Waals surface area contributed by atoms with Crippen LogP contribution in [-0.2, 0) is 0 Å². The van der Waals surface area contributed by atoms with Crippen molar-refractivity contribution in [2.75, 3.05) is 0 Å². The minimum absolute atomic E-state index is 1.04. The van der Waals surface area contributed by atoms with Crippen molar-refractivity contribution in [3.63, 3.8) is 0 Å². The average Bonchev–Trinajstić information content (AvgIpc) is 2.10. The molecule has 1 heteroatoms. The van der Waals surface area contributed by atoms with Crippen LogP contribution in [0.3, 0.4) is 0 Å². The van der Waals surface area contributed by atoms with E-state index in [-0.39, 0.29) is 0 Å². The fourth-order valence-corrected chi connectivity index (χ4v) is 0.136. The molecule has 0 fully saturated rings. The van der Waals surface area contributed by atoms with Crippen LogP contribution in [0.4, 0.5) is 0 Å². The second-order valence-corrected chi connectivity index (χ2v) is 2.20. The molecule has 1 nitrogen and oxygen atoms in total. The summed E-state index contributed by atoms with van der Waals surface area (Å²) < 4.78 is 0. The molecule has 74 valence electrons. The Morgan fingerprint density at radius 2 is 1.58 bits per heavy atom. The van der Waals surface area contributed by atoms with Crippen LogP contribution in [0.5, 0.6) is 0 Å². The molecule has 0 aliphatic rings. The SMILES string of the molecule is CC.CC/C=C/N.CC=C(C)C. The summed E-state index contributed by atoms with van der Waals surface area (Å²) in [5.41, 5.74) is 6.34. The number of allylic oxidation sites excluding steroid dienone is 3. The molecule has 0 atom stereocenters. The smallest absolute Gasteiger partial charge is 0.0103 e. The summed E-state index contributed by atoms with van der Waals surface area (Å²) in [4.78, 5) is 0. The summed E-state index contributed by atoms with van der Waals surface area (Å²) >= 11 is 0. The third-order valence-corrected chi connectivity index (χ3v) is 0.949. The first kappa shape index (κ1) is 17.4. The zero-order valence-corrected chi connectivity index (χ0v) is 9.52. The van der Waals surface area contributed by atoms with Crippen molar-refractivity contribution in [1.29, 1.82) is 0 Å². The average molecular weight is 171 g/mol. The number of hydrogen-bond donors (Lipinski definition) is 1. The molecule has 0 spiro atoms. The van der Waals surface area contributed by atoms with Crippen molar-refractivity contribution in [3.8, 4) is 0 Å². The number of hydrogen-bond acceptors (Lipinski definition) is 1. The van der Waals surface area contributed by atoms with Gasteiger partial charge in [-0.1, -0.05) is 38.5 Å². The Kier molecular flexibility index (Phi) is 32.5. The van der Waals surface area contributed by atoms with E-state index in [1.54, 1.807) is 6.20 Å². The summed E-state index contributed by atoms with van der Waals surface area (Å²) in [5, 5.41) is 0. The molecule has 0 rings (SSSR count). The first-order valence-electron chi connectivity index (χ1n) is 4.65.